The SMILES string of the molecule is CC(C)(C)OC(=O)N1CC=C(N)C(C=O)=C1Cl. The van der Waals surface area contributed by atoms with Crippen molar-refractivity contribution in [1.29, 1.82) is 0 Å². The highest BCUT2D eigenvalue weighted by Crippen LogP contribution is 2.24. The van der Waals surface area contributed by atoms with Crippen LogP contribution in [0.5, 0.6) is 0 Å². The Labute approximate surface area is 105 Å². The molecule has 0 unspecified atom stereocenters. The van der Waals surface area contributed by atoms with E-state index in [1.807, 2.05) is 0 Å². The van der Waals surface area contributed by atoms with Crippen molar-refractivity contribution in [3.8, 4) is 0 Å². The lowest BCUT2D eigenvalue weighted by Gasteiger charge is -2.28. The van der Waals surface area contributed by atoms with Gasteiger partial charge in [-0.05, 0) is 26.8 Å². The van der Waals surface area contributed by atoms with E-state index in [1.54, 1.807) is 26.8 Å². The van der Waals surface area contributed by atoms with Crippen LogP contribution < -0.4 is 5.73 Å². The standard InChI is InChI=1S/C11H15ClN2O3/c1-11(2,3)17-10(16)14-5-4-8(13)7(6-15)9(14)12/h4,6H,5,13H2,1-3H3. The Balaban J connectivity index is 2.92. The van der Waals surface area contributed by atoms with Crippen LogP contribution in [0, 0.1) is 0 Å². The number of carbonyl (C=O) groups is 2. The minimum absolute atomic E-state index is 0.00532. The first-order chi connectivity index (χ1) is 7.76. The first-order valence-electron chi connectivity index (χ1n) is 5.07. The highest BCUT2D eigenvalue weighted by atomic mass is 35.5. The summed E-state index contributed by atoms with van der Waals surface area (Å²) in [7, 11) is 0. The lowest BCUT2D eigenvalue weighted by Crippen LogP contribution is -2.38. The summed E-state index contributed by atoms with van der Waals surface area (Å²) in [5.41, 5.74) is 5.32. The Morgan fingerprint density at radius 1 is 1.59 bits per heavy atom. The fourth-order valence-electron chi connectivity index (χ4n) is 1.23. The van der Waals surface area contributed by atoms with Gasteiger partial charge in [-0.15, -0.1) is 0 Å². The molecule has 2 N–H and O–H groups in total. The Bertz CT molecular complexity index is 407. The molecule has 1 rings (SSSR count). The molecular weight excluding hydrogens is 244 g/mol. The van der Waals surface area contributed by atoms with Gasteiger partial charge in [-0.25, -0.2) is 4.79 Å². The molecule has 0 aromatic heterocycles. The van der Waals surface area contributed by atoms with Crippen molar-refractivity contribution in [2.45, 2.75) is 26.4 Å². The van der Waals surface area contributed by atoms with Gasteiger partial charge in [0.25, 0.3) is 0 Å². The lowest BCUT2D eigenvalue weighted by molar-refractivity contribution is -0.104. The maximum Gasteiger partial charge on any atom is 0.415 e. The minimum Gasteiger partial charge on any atom is -0.443 e. The van der Waals surface area contributed by atoms with Crippen molar-refractivity contribution in [2.75, 3.05) is 6.54 Å². The van der Waals surface area contributed by atoms with Gasteiger partial charge < -0.3 is 10.5 Å². The maximum atomic E-state index is 11.8. The van der Waals surface area contributed by atoms with Crippen molar-refractivity contribution in [1.82, 2.24) is 4.90 Å². The van der Waals surface area contributed by atoms with Crippen molar-refractivity contribution >= 4 is 24.0 Å². The number of rotatable bonds is 1. The van der Waals surface area contributed by atoms with E-state index in [9.17, 15) is 9.59 Å². The molecule has 0 aromatic carbocycles. The Morgan fingerprint density at radius 2 is 2.18 bits per heavy atom. The van der Waals surface area contributed by atoms with Gasteiger partial charge in [0.05, 0.1) is 12.1 Å². The molecule has 94 valence electrons. The van der Waals surface area contributed by atoms with Gasteiger partial charge in [-0.1, -0.05) is 11.6 Å². The van der Waals surface area contributed by atoms with Gasteiger partial charge in [-0.3, -0.25) is 9.69 Å². The predicted molar refractivity (Wildman–Crippen MR) is 64.2 cm³/mol. The average molecular weight is 259 g/mol. The first-order valence-corrected chi connectivity index (χ1v) is 5.45. The molecule has 1 aliphatic heterocycles. The molecule has 1 heterocycles. The second-order valence-corrected chi connectivity index (χ2v) is 4.93. The van der Waals surface area contributed by atoms with Gasteiger partial charge in [0, 0.05) is 5.70 Å². The average Bonchev–Trinajstić information content (AvgIpc) is 2.15. The third-order valence-electron chi connectivity index (χ3n) is 2.00. The van der Waals surface area contributed by atoms with Gasteiger partial charge in [-0.2, -0.15) is 0 Å². The number of nitrogens with two attached hydrogens (primary N) is 1. The number of aldehydes is 1. The quantitative estimate of drug-likeness (QED) is 0.574. The summed E-state index contributed by atoms with van der Waals surface area (Å²) in [4.78, 5) is 23.7. The molecule has 6 heteroatoms. The van der Waals surface area contributed by atoms with Crippen LogP contribution >= 0.6 is 11.6 Å². The van der Waals surface area contributed by atoms with Crippen molar-refractivity contribution in [3.63, 3.8) is 0 Å². The molecule has 5 nitrogen and oxygen atoms in total. The van der Waals surface area contributed by atoms with E-state index in [0.717, 1.165) is 4.90 Å². The zero-order valence-corrected chi connectivity index (χ0v) is 10.7. The minimum atomic E-state index is -0.623. The smallest absolute Gasteiger partial charge is 0.415 e. The molecule has 0 atom stereocenters. The number of amides is 1. The van der Waals surface area contributed by atoms with E-state index < -0.39 is 11.7 Å². The number of ether oxygens (including phenoxy) is 1. The fourth-order valence-corrected chi connectivity index (χ4v) is 1.52. The Morgan fingerprint density at radius 3 is 2.65 bits per heavy atom. The molecule has 0 aliphatic carbocycles. The zero-order valence-electron chi connectivity index (χ0n) is 9.99. The van der Waals surface area contributed by atoms with Gasteiger partial charge in [0.2, 0.25) is 0 Å². The van der Waals surface area contributed by atoms with E-state index in [4.69, 9.17) is 22.1 Å². The van der Waals surface area contributed by atoms with E-state index in [2.05, 4.69) is 0 Å². The van der Waals surface area contributed by atoms with Crippen LogP contribution in [0.2, 0.25) is 0 Å². The summed E-state index contributed by atoms with van der Waals surface area (Å²) in [6.45, 7) is 5.43. The summed E-state index contributed by atoms with van der Waals surface area (Å²) >= 11 is 5.92. The monoisotopic (exact) mass is 258 g/mol. The summed E-state index contributed by atoms with van der Waals surface area (Å²) in [5.74, 6) is 0. The second-order valence-electron chi connectivity index (χ2n) is 4.57. The molecule has 0 aromatic rings. The molecular formula is C11H15ClN2O3. The second kappa shape index (κ2) is 4.79. The zero-order chi connectivity index (χ0) is 13.2. The largest absolute Gasteiger partial charge is 0.443 e. The van der Waals surface area contributed by atoms with Crippen molar-refractivity contribution in [2.24, 2.45) is 5.73 Å². The summed E-state index contributed by atoms with van der Waals surface area (Å²) in [5, 5.41) is -0.00532. The maximum absolute atomic E-state index is 11.8. The first kappa shape index (κ1) is 13.6. The number of hydrogen-bond donors (Lipinski definition) is 1. The highest BCUT2D eigenvalue weighted by molar-refractivity contribution is 6.32. The summed E-state index contributed by atoms with van der Waals surface area (Å²) in [6.07, 6.45) is 1.45. The third-order valence-corrected chi connectivity index (χ3v) is 2.40. The van der Waals surface area contributed by atoms with E-state index in [-0.39, 0.29) is 23.0 Å². The molecule has 0 spiro atoms. The number of allylic oxidation sites excluding steroid dienone is 1. The van der Waals surface area contributed by atoms with Crippen LogP contribution in [0.25, 0.3) is 0 Å². The lowest BCUT2D eigenvalue weighted by atomic mass is 10.1. The van der Waals surface area contributed by atoms with Crippen LogP contribution in [-0.2, 0) is 9.53 Å². The predicted octanol–water partition coefficient (Wildman–Crippen LogP) is 1.73. The van der Waals surface area contributed by atoms with E-state index in [1.165, 1.54) is 0 Å². The Kier molecular flexibility index (Phi) is 3.83. The third kappa shape index (κ3) is 3.23. The van der Waals surface area contributed by atoms with Gasteiger partial charge >= 0.3 is 6.09 Å². The van der Waals surface area contributed by atoms with Crippen molar-refractivity contribution in [3.05, 3.63) is 22.5 Å². The van der Waals surface area contributed by atoms with Crippen LogP contribution in [0.1, 0.15) is 20.8 Å². The molecule has 1 aliphatic rings. The number of nitrogens with zero attached hydrogens (tertiary/aromatic N) is 1. The molecule has 0 bridgehead atoms. The number of carbonyl (C=O) groups excluding carboxylic acids is 2. The summed E-state index contributed by atoms with van der Waals surface area (Å²) in [6, 6.07) is 0. The van der Waals surface area contributed by atoms with Crippen molar-refractivity contribution < 1.29 is 14.3 Å². The molecule has 17 heavy (non-hydrogen) atoms. The van der Waals surface area contributed by atoms with Gasteiger partial charge in [0.15, 0.2) is 6.29 Å². The van der Waals surface area contributed by atoms with E-state index in [0.29, 0.717) is 6.29 Å². The number of hydrogen-bond acceptors (Lipinski definition) is 4. The topological polar surface area (TPSA) is 72.6 Å². The summed E-state index contributed by atoms with van der Waals surface area (Å²) < 4.78 is 5.16. The van der Waals surface area contributed by atoms with Crippen LogP contribution in [0.15, 0.2) is 22.5 Å². The van der Waals surface area contributed by atoms with Crippen LogP contribution in [0.4, 0.5) is 4.79 Å². The van der Waals surface area contributed by atoms with Crippen LogP contribution in [0.3, 0.4) is 0 Å². The van der Waals surface area contributed by atoms with Gasteiger partial charge in [0.1, 0.15) is 10.8 Å². The fraction of sp³-hybridized carbons (Fsp3) is 0.455. The van der Waals surface area contributed by atoms with E-state index >= 15 is 0 Å². The molecule has 0 saturated carbocycles. The molecule has 0 fully saturated rings. The molecule has 1 amide bonds. The Hall–Kier alpha value is -1.49. The normalized spacial score (nSPS) is 16.7. The molecule has 0 radical (unpaired) electrons. The highest BCUT2D eigenvalue weighted by Gasteiger charge is 2.28. The molecule has 0 saturated heterocycles. The van der Waals surface area contributed by atoms with Crippen LogP contribution in [-0.4, -0.2) is 29.4 Å². The number of halogens is 1.